The topological polar surface area (TPSA) is 22.1 Å². The number of rotatable bonds is 4. The van der Waals surface area contributed by atoms with Crippen LogP contribution >= 0.6 is 0 Å². The number of aromatic nitrogens is 1. The molecule has 84 valence electrons. The second-order valence-electron chi connectivity index (χ2n) is 4.77. The SMILES string of the molecule is CCCCc1ncccc1OC(C)(C)C. The van der Waals surface area contributed by atoms with Crippen molar-refractivity contribution in [3.63, 3.8) is 0 Å². The van der Waals surface area contributed by atoms with E-state index in [1.165, 1.54) is 6.42 Å². The van der Waals surface area contributed by atoms with Crippen LogP contribution < -0.4 is 4.74 Å². The Morgan fingerprint density at radius 2 is 2.07 bits per heavy atom. The fraction of sp³-hybridized carbons (Fsp3) is 0.615. The molecular formula is C13H21NO. The van der Waals surface area contributed by atoms with Crippen molar-refractivity contribution in [3.05, 3.63) is 24.0 Å². The quantitative estimate of drug-likeness (QED) is 0.752. The van der Waals surface area contributed by atoms with Crippen LogP contribution in [0.2, 0.25) is 0 Å². The molecule has 15 heavy (non-hydrogen) atoms. The minimum Gasteiger partial charge on any atom is -0.486 e. The van der Waals surface area contributed by atoms with Gasteiger partial charge in [0, 0.05) is 6.20 Å². The molecule has 2 nitrogen and oxygen atoms in total. The molecule has 0 radical (unpaired) electrons. The van der Waals surface area contributed by atoms with Crippen LogP contribution in [0.4, 0.5) is 0 Å². The molecule has 0 amide bonds. The number of aryl methyl sites for hydroxylation is 1. The average molecular weight is 207 g/mol. The van der Waals surface area contributed by atoms with Crippen molar-refractivity contribution in [2.24, 2.45) is 0 Å². The maximum atomic E-state index is 5.87. The first-order valence-electron chi connectivity index (χ1n) is 5.66. The van der Waals surface area contributed by atoms with Gasteiger partial charge in [0.2, 0.25) is 0 Å². The van der Waals surface area contributed by atoms with Gasteiger partial charge in [-0.25, -0.2) is 0 Å². The van der Waals surface area contributed by atoms with Crippen LogP contribution in [-0.4, -0.2) is 10.6 Å². The number of pyridine rings is 1. The first-order chi connectivity index (χ1) is 7.03. The third kappa shape index (κ3) is 4.32. The molecule has 0 saturated heterocycles. The van der Waals surface area contributed by atoms with E-state index in [9.17, 15) is 0 Å². The monoisotopic (exact) mass is 207 g/mol. The van der Waals surface area contributed by atoms with Gasteiger partial charge in [0.25, 0.3) is 0 Å². The lowest BCUT2D eigenvalue weighted by Crippen LogP contribution is -2.23. The summed E-state index contributed by atoms with van der Waals surface area (Å²) in [6, 6.07) is 3.93. The van der Waals surface area contributed by atoms with Gasteiger partial charge in [-0.2, -0.15) is 0 Å². The fourth-order valence-corrected chi connectivity index (χ4v) is 1.38. The van der Waals surface area contributed by atoms with E-state index in [1.54, 1.807) is 0 Å². The summed E-state index contributed by atoms with van der Waals surface area (Å²) in [5.74, 6) is 0.929. The van der Waals surface area contributed by atoms with Crippen molar-refractivity contribution in [1.29, 1.82) is 0 Å². The van der Waals surface area contributed by atoms with E-state index in [0.29, 0.717) is 0 Å². The molecule has 1 aromatic heterocycles. The highest BCUT2D eigenvalue weighted by molar-refractivity contribution is 5.27. The van der Waals surface area contributed by atoms with Crippen molar-refractivity contribution in [3.8, 4) is 5.75 Å². The Morgan fingerprint density at radius 3 is 2.67 bits per heavy atom. The largest absolute Gasteiger partial charge is 0.486 e. The third-order valence-corrected chi connectivity index (χ3v) is 2.03. The zero-order chi connectivity index (χ0) is 11.3. The lowest BCUT2D eigenvalue weighted by atomic mass is 10.1. The fourth-order valence-electron chi connectivity index (χ4n) is 1.38. The average Bonchev–Trinajstić information content (AvgIpc) is 2.14. The number of hydrogen-bond donors (Lipinski definition) is 0. The summed E-state index contributed by atoms with van der Waals surface area (Å²) in [5, 5.41) is 0. The molecular weight excluding hydrogens is 186 g/mol. The molecule has 0 spiro atoms. The smallest absolute Gasteiger partial charge is 0.141 e. The van der Waals surface area contributed by atoms with Crippen molar-refractivity contribution < 1.29 is 4.74 Å². The number of ether oxygens (including phenoxy) is 1. The van der Waals surface area contributed by atoms with Gasteiger partial charge in [-0.15, -0.1) is 0 Å². The normalized spacial score (nSPS) is 11.5. The van der Waals surface area contributed by atoms with Crippen LogP contribution in [0.1, 0.15) is 46.2 Å². The summed E-state index contributed by atoms with van der Waals surface area (Å²) in [4.78, 5) is 4.38. The van der Waals surface area contributed by atoms with E-state index in [1.807, 2.05) is 18.3 Å². The molecule has 0 aromatic carbocycles. The van der Waals surface area contributed by atoms with Gasteiger partial charge in [-0.05, 0) is 45.7 Å². The first kappa shape index (κ1) is 12.0. The Kier molecular flexibility index (Phi) is 4.13. The van der Waals surface area contributed by atoms with Gasteiger partial charge in [-0.3, -0.25) is 4.98 Å². The van der Waals surface area contributed by atoms with E-state index in [-0.39, 0.29) is 5.60 Å². The highest BCUT2D eigenvalue weighted by atomic mass is 16.5. The predicted molar refractivity (Wildman–Crippen MR) is 63.2 cm³/mol. The summed E-state index contributed by atoms with van der Waals surface area (Å²) < 4.78 is 5.87. The molecule has 1 heterocycles. The van der Waals surface area contributed by atoms with Gasteiger partial charge >= 0.3 is 0 Å². The van der Waals surface area contributed by atoms with Crippen molar-refractivity contribution in [2.45, 2.75) is 52.6 Å². The molecule has 0 bridgehead atoms. The second kappa shape index (κ2) is 5.15. The van der Waals surface area contributed by atoms with Gasteiger partial charge in [0.05, 0.1) is 5.69 Å². The minimum atomic E-state index is -0.149. The predicted octanol–water partition coefficient (Wildman–Crippen LogP) is 3.60. The third-order valence-electron chi connectivity index (χ3n) is 2.03. The second-order valence-corrected chi connectivity index (χ2v) is 4.77. The summed E-state index contributed by atoms with van der Waals surface area (Å²) in [7, 11) is 0. The lowest BCUT2D eigenvalue weighted by Gasteiger charge is -2.22. The van der Waals surface area contributed by atoms with Gasteiger partial charge < -0.3 is 4.74 Å². The Labute approximate surface area is 92.7 Å². The maximum Gasteiger partial charge on any atom is 0.141 e. The Balaban J connectivity index is 2.77. The maximum absolute atomic E-state index is 5.87. The molecule has 0 N–H and O–H groups in total. The van der Waals surface area contributed by atoms with Crippen LogP contribution in [0.25, 0.3) is 0 Å². The zero-order valence-corrected chi connectivity index (χ0v) is 10.2. The van der Waals surface area contributed by atoms with Crippen LogP contribution in [0.15, 0.2) is 18.3 Å². The molecule has 0 saturated carbocycles. The summed E-state index contributed by atoms with van der Waals surface area (Å²) >= 11 is 0. The number of nitrogens with zero attached hydrogens (tertiary/aromatic N) is 1. The van der Waals surface area contributed by atoms with Gasteiger partial charge in [0.1, 0.15) is 11.4 Å². The Hall–Kier alpha value is -1.05. The van der Waals surface area contributed by atoms with Crippen molar-refractivity contribution >= 4 is 0 Å². The van der Waals surface area contributed by atoms with E-state index in [4.69, 9.17) is 4.74 Å². The minimum absolute atomic E-state index is 0.149. The lowest BCUT2D eigenvalue weighted by molar-refractivity contribution is 0.128. The Morgan fingerprint density at radius 1 is 1.33 bits per heavy atom. The first-order valence-corrected chi connectivity index (χ1v) is 5.66. The molecule has 1 rings (SSSR count). The van der Waals surface area contributed by atoms with Crippen molar-refractivity contribution in [2.75, 3.05) is 0 Å². The summed E-state index contributed by atoms with van der Waals surface area (Å²) in [6.45, 7) is 8.37. The summed E-state index contributed by atoms with van der Waals surface area (Å²) in [6.07, 6.45) is 5.19. The molecule has 2 heteroatoms. The molecule has 1 aromatic rings. The highest BCUT2D eigenvalue weighted by Crippen LogP contribution is 2.22. The van der Waals surface area contributed by atoms with Crippen LogP contribution in [0.5, 0.6) is 5.75 Å². The van der Waals surface area contributed by atoms with E-state index < -0.39 is 0 Å². The van der Waals surface area contributed by atoms with Crippen LogP contribution in [0, 0.1) is 0 Å². The molecule has 0 aliphatic rings. The molecule has 0 unspecified atom stereocenters. The van der Waals surface area contributed by atoms with Crippen LogP contribution in [0.3, 0.4) is 0 Å². The molecule has 0 aliphatic carbocycles. The molecule has 0 atom stereocenters. The van der Waals surface area contributed by atoms with E-state index in [2.05, 4.69) is 32.7 Å². The van der Waals surface area contributed by atoms with Crippen molar-refractivity contribution in [1.82, 2.24) is 4.98 Å². The summed E-state index contributed by atoms with van der Waals surface area (Å²) in [5.41, 5.74) is 0.929. The zero-order valence-electron chi connectivity index (χ0n) is 10.2. The van der Waals surface area contributed by atoms with Crippen LogP contribution in [-0.2, 0) is 6.42 Å². The van der Waals surface area contributed by atoms with Gasteiger partial charge in [-0.1, -0.05) is 13.3 Å². The molecule has 0 fully saturated rings. The Bertz CT molecular complexity index is 302. The number of hydrogen-bond acceptors (Lipinski definition) is 2. The molecule has 0 aliphatic heterocycles. The number of unbranched alkanes of at least 4 members (excludes halogenated alkanes) is 1. The highest BCUT2D eigenvalue weighted by Gasteiger charge is 2.14. The standard InChI is InChI=1S/C13H21NO/c1-5-6-8-11-12(9-7-10-14-11)15-13(2,3)4/h7,9-10H,5-6,8H2,1-4H3. The van der Waals surface area contributed by atoms with E-state index >= 15 is 0 Å². The van der Waals surface area contributed by atoms with E-state index in [0.717, 1.165) is 24.3 Å². The van der Waals surface area contributed by atoms with Gasteiger partial charge in [0.15, 0.2) is 0 Å².